The highest BCUT2D eigenvalue weighted by atomic mass is 35.5. The number of aliphatic carboxylic acids is 1. The standard InChI is InChI=1S/C23H22ClNO3/c1-23(2)12-19-22(15-5-9-17(26)10-6-15)21(14-3-7-16(24)8-4-14)18(11-20(27)28)25(19)13-23/h3-10,12,18,26H,11,13H2,1-2H3,(H,27,28). The van der Waals surface area contributed by atoms with Gasteiger partial charge in [0.2, 0.25) is 0 Å². The number of halogens is 1. The number of phenolic OH excluding ortho intramolecular Hbond substituents is 1. The molecule has 144 valence electrons. The van der Waals surface area contributed by atoms with Crippen molar-refractivity contribution < 1.29 is 15.0 Å². The number of hydrogen-bond donors (Lipinski definition) is 2. The Kier molecular flexibility index (Phi) is 4.47. The van der Waals surface area contributed by atoms with Crippen LogP contribution in [0, 0.1) is 5.41 Å². The number of carboxylic acids is 1. The average Bonchev–Trinajstić information content (AvgIpc) is 3.07. The fraction of sp³-hybridized carbons (Fsp3) is 0.261. The average molecular weight is 396 g/mol. The van der Waals surface area contributed by atoms with Gasteiger partial charge in [0, 0.05) is 28.3 Å². The van der Waals surface area contributed by atoms with Gasteiger partial charge in [0.1, 0.15) is 5.75 Å². The lowest BCUT2D eigenvalue weighted by molar-refractivity contribution is -0.137. The van der Waals surface area contributed by atoms with Crippen LogP contribution in [0.3, 0.4) is 0 Å². The minimum atomic E-state index is -0.826. The van der Waals surface area contributed by atoms with E-state index in [0.717, 1.165) is 34.5 Å². The highest BCUT2D eigenvalue weighted by Gasteiger charge is 2.44. The second-order valence-corrected chi connectivity index (χ2v) is 8.54. The van der Waals surface area contributed by atoms with Gasteiger partial charge >= 0.3 is 5.97 Å². The Morgan fingerprint density at radius 3 is 2.32 bits per heavy atom. The molecule has 1 unspecified atom stereocenters. The van der Waals surface area contributed by atoms with E-state index in [-0.39, 0.29) is 23.6 Å². The third kappa shape index (κ3) is 3.29. The van der Waals surface area contributed by atoms with E-state index >= 15 is 0 Å². The number of rotatable bonds is 4. The van der Waals surface area contributed by atoms with Crippen LogP contribution in [0.4, 0.5) is 0 Å². The van der Waals surface area contributed by atoms with Crippen molar-refractivity contribution in [3.8, 4) is 5.75 Å². The van der Waals surface area contributed by atoms with Gasteiger partial charge in [-0.05, 0) is 41.0 Å². The number of fused-ring (bicyclic) bond motifs is 1. The Balaban J connectivity index is 1.97. The molecule has 0 saturated carbocycles. The number of carbonyl (C=O) groups is 1. The summed E-state index contributed by atoms with van der Waals surface area (Å²) in [7, 11) is 0. The van der Waals surface area contributed by atoms with Crippen LogP contribution < -0.4 is 0 Å². The quantitative estimate of drug-likeness (QED) is 0.761. The van der Waals surface area contributed by atoms with Crippen LogP contribution in [0.15, 0.2) is 60.3 Å². The van der Waals surface area contributed by atoms with Gasteiger partial charge in [0.25, 0.3) is 0 Å². The lowest BCUT2D eigenvalue weighted by Crippen LogP contribution is -2.34. The number of carboxylic acid groups (broad SMARTS) is 1. The Labute approximate surface area is 169 Å². The molecule has 0 aliphatic carbocycles. The van der Waals surface area contributed by atoms with Gasteiger partial charge in [-0.3, -0.25) is 4.79 Å². The summed E-state index contributed by atoms with van der Waals surface area (Å²) < 4.78 is 0. The first-order chi connectivity index (χ1) is 13.2. The van der Waals surface area contributed by atoms with E-state index in [1.54, 1.807) is 12.1 Å². The van der Waals surface area contributed by atoms with Gasteiger partial charge in [-0.15, -0.1) is 0 Å². The second-order valence-electron chi connectivity index (χ2n) is 8.10. The molecule has 4 rings (SSSR count). The van der Waals surface area contributed by atoms with E-state index in [9.17, 15) is 15.0 Å². The van der Waals surface area contributed by atoms with Crippen molar-refractivity contribution in [1.82, 2.24) is 4.90 Å². The third-order valence-corrected chi connectivity index (χ3v) is 5.58. The molecule has 2 aliphatic rings. The molecule has 5 heteroatoms. The number of hydrogen-bond acceptors (Lipinski definition) is 3. The molecule has 2 aromatic rings. The summed E-state index contributed by atoms with van der Waals surface area (Å²) in [6, 6.07) is 14.4. The highest BCUT2D eigenvalue weighted by molar-refractivity contribution is 6.30. The van der Waals surface area contributed by atoms with Crippen molar-refractivity contribution in [2.75, 3.05) is 6.54 Å². The van der Waals surface area contributed by atoms with Crippen LogP contribution in [-0.4, -0.2) is 33.7 Å². The number of phenols is 1. The lowest BCUT2D eigenvalue weighted by Gasteiger charge is -2.29. The molecule has 0 saturated heterocycles. The maximum atomic E-state index is 11.7. The van der Waals surface area contributed by atoms with Gasteiger partial charge in [-0.1, -0.05) is 55.8 Å². The van der Waals surface area contributed by atoms with Gasteiger partial charge in [0.05, 0.1) is 12.5 Å². The SMILES string of the molecule is CC1(C)C=C2C(c3ccc(O)cc3)=C(c3ccc(Cl)cc3)C(CC(=O)O)N2C1. The molecule has 2 aromatic carbocycles. The van der Waals surface area contributed by atoms with Crippen molar-refractivity contribution in [2.24, 2.45) is 5.41 Å². The summed E-state index contributed by atoms with van der Waals surface area (Å²) in [5, 5.41) is 20.0. The maximum absolute atomic E-state index is 11.7. The van der Waals surface area contributed by atoms with E-state index < -0.39 is 5.97 Å². The van der Waals surface area contributed by atoms with Crippen molar-refractivity contribution in [1.29, 1.82) is 0 Å². The molecular weight excluding hydrogens is 374 g/mol. The molecule has 2 aliphatic heterocycles. The van der Waals surface area contributed by atoms with Crippen LogP contribution in [0.25, 0.3) is 11.1 Å². The molecule has 0 radical (unpaired) electrons. The smallest absolute Gasteiger partial charge is 0.305 e. The van der Waals surface area contributed by atoms with E-state index in [2.05, 4.69) is 24.8 Å². The molecule has 0 aromatic heterocycles. The first-order valence-corrected chi connectivity index (χ1v) is 9.64. The highest BCUT2D eigenvalue weighted by Crippen LogP contribution is 2.51. The Morgan fingerprint density at radius 2 is 1.71 bits per heavy atom. The first-order valence-electron chi connectivity index (χ1n) is 9.26. The minimum Gasteiger partial charge on any atom is -0.508 e. The predicted octanol–water partition coefficient (Wildman–Crippen LogP) is 5.04. The number of allylic oxidation sites excluding steroid dienone is 1. The number of benzene rings is 2. The zero-order chi connectivity index (χ0) is 20.1. The van der Waals surface area contributed by atoms with Crippen LogP contribution >= 0.6 is 11.6 Å². The molecule has 1 atom stereocenters. The Hall–Kier alpha value is -2.72. The van der Waals surface area contributed by atoms with Crippen LogP contribution in [-0.2, 0) is 4.79 Å². The van der Waals surface area contributed by atoms with E-state index in [4.69, 9.17) is 11.6 Å². The van der Waals surface area contributed by atoms with E-state index in [1.165, 1.54) is 0 Å². The normalized spacial score (nSPS) is 20.3. The molecule has 2 N–H and O–H groups in total. The molecule has 0 fully saturated rings. The van der Waals surface area contributed by atoms with Crippen LogP contribution in [0.5, 0.6) is 5.75 Å². The molecule has 0 bridgehead atoms. The number of aromatic hydroxyl groups is 1. The van der Waals surface area contributed by atoms with Crippen LogP contribution in [0.2, 0.25) is 5.02 Å². The van der Waals surface area contributed by atoms with Crippen molar-refractivity contribution in [2.45, 2.75) is 26.3 Å². The number of nitrogens with zero attached hydrogens (tertiary/aromatic N) is 1. The largest absolute Gasteiger partial charge is 0.508 e. The maximum Gasteiger partial charge on any atom is 0.305 e. The summed E-state index contributed by atoms with van der Waals surface area (Å²) in [4.78, 5) is 13.9. The van der Waals surface area contributed by atoms with Crippen molar-refractivity contribution >= 4 is 28.7 Å². The summed E-state index contributed by atoms with van der Waals surface area (Å²) in [6.45, 7) is 5.08. The summed E-state index contributed by atoms with van der Waals surface area (Å²) in [6.07, 6.45) is 2.25. The van der Waals surface area contributed by atoms with Crippen molar-refractivity contribution in [3.05, 3.63) is 76.5 Å². The first kappa shape index (κ1) is 18.6. The second kappa shape index (κ2) is 6.71. The Bertz CT molecular complexity index is 988. The van der Waals surface area contributed by atoms with E-state index in [0.29, 0.717) is 5.02 Å². The molecule has 0 spiro atoms. The topological polar surface area (TPSA) is 60.8 Å². The molecule has 2 heterocycles. The van der Waals surface area contributed by atoms with Gasteiger partial charge in [-0.2, -0.15) is 0 Å². The fourth-order valence-electron chi connectivity index (χ4n) is 4.25. The van der Waals surface area contributed by atoms with Gasteiger partial charge in [0.15, 0.2) is 0 Å². The monoisotopic (exact) mass is 395 g/mol. The Morgan fingerprint density at radius 1 is 1.11 bits per heavy atom. The molecule has 4 nitrogen and oxygen atoms in total. The van der Waals surface area contributed by atoms with Gasteiger partial charge < -0.3 is 15.1 Å². The predicted molar refractivity (Wildman–Crippen MR) is 111 cm³/mol. The third-order valence-electron chi connectivity index (χ3n) is 5.33. The van der Waals surface area contributed by atoms with Crippen molar-refractivity contribution in [3.63, 3.8) is 0 Å². The fourth-order valence-corrected chi connectivity index (χ4v) is 4.38. The minimum absolute atomic E-state index is 0.0208. The van der Waals surface area contributed by atoms with E-state index in [1.807, 2.05) is 36.4 Å². The van der Waals surface area contributed by atoms with Gasteiger partial charge in [-0.25, -0.2) is 0 Å². The molecule has 28 heavy (non-hydrogen) atoms. The lowest BCUT2D eigenvalue weighted by atomic mass is 9.87. The summed E-state index contributed by atoms with van der Waals surface area (Å²) in [5.41, 5.74) is 4.97. The summed E-state index contributed by atoms with van der Waals surface area (Å²) >= 11 is 6.08. The molecule has 0 amide bonds. The summed E-state index contributed by atoms with van der Waals surface area (Å²) in [5.74, 6) is -0.623. The van der Waals surface area contributed by atoms with Crippen LogP contribution in [0.1, 0.15) is 31.4 Å². The zero-order valence-corrected chi connectivity index (χ0v) is 16.6. The molecular formula is C23H22ClNO3. The zero-order valence-electron chi connectivity index (χ0n) is 15.8.